The molecule has 0 saturated heterocycles. The molecule has 0 heterocycles. The van der Waals surface area contributed by atoms with E-state index in [1.165, 1.54) is 10.8 Å². The van der Waals surface area contributed by atoms with E-state index >= 15 is 0 Å². The van der Waals surface area contributed by atoms with Gasteiger partial charge in [0.15, 0.2) is 0 Å². The van der Waals surface area contributed by atoms with Gasteiger partial charge in [0.2, 0.25) is 0 Å². The quantitative estimate of drug-likeness (QED) is 0.206. The summed E-state index contributed by atoms with van der Waals surface area (Å²) in [7, 11) is 0. The molecule has 0 aromatic heterocycles. The summed E-state index contributed by atoms with van der Waals surface area (Å²) in [4.78, 5) is 0. The van der Waals surface area contributed by atoms with Crippen molar-refractivity contribution in [3.63, 3.8) is 0 Å². The summed E-state index contributed by atoms with van der Waals surface area (Å²) in [5, 5.41) is 5.59. The van der Waals surface area contributed by atoms with E-state index < -0.39 is 18.1 Å². The Morgan fingerprint density at radius 1 is 0.375 bits per heavy atom. The minimum absolute atomic E-state index is 0.0490. The van der Waals surface area contributed by atoms with Gasteiger partial charge in [-0.3, -0.25) is 0 Å². The predicted octanol–water partition coefficient (Wildman–Crippen LogP) is 11.3. The van der Waals surface area contributed by atoms with Gasteiger partial charge in [0.05, 0.1) is 9.60 Å². The van der Waals surface area contributed by atoms with Crippen LogP contribution in [-0.2, 0) is 0 Å². The molecule has 0 aliphatic rings. The van der Waals surface area contributed by atoms with Crippen molar-refractivity contribution in [3.8, 4) is 33.4 Å². The fourth-order valence-electron chi connectivity index (χ4n) is 5.93. The van der Waals surface area contributed by atoms with E-state index in [0.717, 1.165) is 43.8 Å². The van der Waals surface area contributed by atoms with Gasteiger partial charge in [0.25, 0.3) is 0 Å². The maximum absolute atomic E-state index is 9.33. The Labute approximate surface area is 243 Å². The summed E-state index contributed by atoms with van der Waals surface area (Å²) in [6.45, 7) is 0. The average molecular weight is 514 g/mol. The zero-order valence-electron chi connectivity index (χ0n) is 28.5. The molecule has 0 nitrogen and oxygen atoms in total. The van der Waals surface area contributed by atoms with Gasteiger partial charge in [0.1, 0.15) is 0 Å². The van der Waals surface area contributed by atoms with Crippen molar-refractivity contribution >= 4 is 43.1 Å². The molecule has 8 aromatic rings. The molecule has 0 N–H and O–H groups in total. The fraction of sp³-hybridized carbons (Fsp3) is 0. The Hall–Kier alpha value is -5.20. The molecule has 0 saturated carbocycles. The highest BCUT2D eigenvalue weighted by atomic mass is 14.2. The Kier molecular flexibility index (Phi) is 3.85. The normalized spacial score (nSPS) is 13.9. The molecular weight excluding hydrogens is 480 g/mol. The van der Waals surface area contributed by atoms with Crippen molar-refractivity contribution in [2.24, 2.45) is 0 Å². The Morgan fingerprint density at radius 3 is 1.65 bits per heavy atom. The maximum Gasteiger partial charge on any atom is 0.0636 e. The largest absolute Gasteiger partial charge is 0.0636 e. The topological polar surface area (TPSA) is 0 Å². The minimum atomic E-state index is -0.478. The molecular formula is C40H26. The molecule has 0 atom stereocenters. The van der Waals surface area contributed by atoms with Crippen LogP contribution in [0.5, 0.6) is 0 Å². The lowest BCUT2D eigenvalue weighted by Gasteiger charge is -2.18. The number of fused-ring (bicyclic) bond motifs is 4. The van der Waals surface area contributed by atoms with E-state index in [1.807, 2.05) is 54.6 Å². The summed E-state index contributed by atoms with van der Waals surface area (Å²) in [5.74, 6) is 0. The second-order valence-corrected chi connectivity index (χ2v) is 9.95. The van der Waals surface area contributed by atoms with Gasteiger partial charge in [-0.05, 0) is 88.6 Å². The monoisotopic (exact) mass is 513 g/mol. The Morgan fingerprint density at radius 2 is 0.925 bits per heavy atom. The third-order valence-electron chi connectivity index (χ3n) is 7.68. The number of benzene rings is 8. The number of rotatable bonds is 3. The minimum Gasteiger partial charge on any atom is -0.0616 e. The molecule has 0 radical (unpaired) electrons. The number of hydrogen-bond acceptors (Lipinski definition) is 0. The standard InChI is InChI=1S/C40H26/c1-2-13-29-25-32(24-23-27(29)11-1)40-37-20-7-5-18-35(37)39(36-19-6-8-21-38(36)40)31-16-9-15-30(26-31)34-22-10-14-28-12-3-4-17-33(28)34/h1-26H/i1D,2D,11D,13D,23D,24D,25D. The molecule has 0 amide bonds. The van der Waals surface area contributed by atoms with Gasteiger partial charge >= 0.3 is 0 Å². The second kappa shape index (κ2) is 9.22. The highest BCUT2D eigenvalue weighted by Gasteiger charge is 2.17. The van der Waals surface area contributed by atoms with Crippen LogP contribution in [0.3, 0.4) is 0 Å². The molecule has 0 bridgehead atoms. The van der Waals surface area contributed by atoms with E-state index in [4.69, 9.17) is 8.22 Å². The SMILES string of the molecule is [2H]c1c([2H])c([2H])c2c([2H])c(-c3c4ccccc4c(-c4cccc(-c5cccc6ccccc56)c4)c4ccccc34)c([2H])c([2H])c2c1[2H]. The second-order valence-electron chi connectivity index (χ2n) is 9.95. The summed E-state index contributed by atoms with van der Waals surface area (Å²) in [5.41, 5.74) is 5.02. The first kappa shape index (κ1) is 16.7. The molecule has 0 aliphatic carbocycles. The molecule has 0 aliphatic heterocycles. The molecule has 8 aromatic carbocycles. The van der Waals surface area contributed by atoms with Gasteiger partial charge in [-0.2, -0.15) is 0 Å². The first-order valence-electron chi connectivity index (χ1n) is 16.8. The predicted molar refractivity (Wildman–Crippen MR) is 173 cm³/mol. The molecule has 40 heavy (non-hydrogen) atoms. The Bertz CT molecular complexity index is 2540. The molecule has 8 rings (SSSR count). The highest BCUT2D eigenvalue weighted by molar-refractivity contribution is 6.22. The van der Waals surface area contributed by atoms with E-state index in [-0.39, 0.29) is 40.5 Å². The van der Waals surface area contributed by atoms with Gasteiger partial charge in [-0.15, -0.1) is 0 Å². The lowest BCUT2D eigenvalue weighted by Crippen LogP contribution is -1.91. The van der Waals surface area contributed by atoms with Gasteiger partial charge in [-0.1, -0.05) is 145 Å². The summed E-state index contributed by atoms with van der Waals surface area (Å²) in [6.07, 6.45) is 0. The van der Waals surface area contributed by atoms with E-state index in [0.29, 0.717) is 5.56 Å². The van der Waals surface area contributed by atoms with Crippen LogP contribution in [0.2, 0.25) is 0 Å². The van der Waals surface area contributed by atoms with E-state index in [1.54, 1.807) is 0 Å². The smallest absolute Gasteiger partial charge is 0.0616 e. The van der Waals surface area contributed by atoms with Crippen LogP contribution in [0.4, 0.5) is 0 Å². The van der Waals surface area contributed by atoms with Crippen LogP contribution in [0.1, 0.15) is 9.60 Å². The van der Waals surface area contributed by atoms with Crippen LogP contribution >= 0.6 is 0 Å². The highest BCUT2D eigenvalue weighted by Crippen LogP contribution is 2.44. The van der Waals surface area contributed by atoms with Crippen molar-refractivity contribution < 1.29 is 9.60 Å². The van der Waals surface area contributed by atoms with Crippen LogP contribution < -0.4 is 0 Å². The third-order valence-corrected chi connectivity index (χ3v) is 7.68. The summed E-state index contributed by atoms with van der Waals surface area (Å²) in [6, 6.07) is 36.4. The lowest BCUT2D eigenvalue weighted by molar-refractivity contribution is 1.63. The first-order chi connectivity index (χ1) is 22.8. The van der Waals surface area contributed by atoms with Gasteiger partial charge in [0, 0.05) is 0 Å². The van der Waals surface area contributed by atoms with Crippen molar-refractivity contribution in [1.82, 2.24) is 0 Å². The summed E-state index contributed by atoms with van der Waals surface area (Å²) >= 11 is 0. The lowest BCUT2D eigenvalue weighted by atomic mass is 9.85. The van der Waals surface area contributed by atoms with Crippen LogP contribution in [0.25, 0.3) is 76.5 Å². The van der Waals surface area contributed by atoms with Crippen molar-refractivity contribution in [2.75, 3.05) is 0 Å². The molecule has 186 valence electrons. The van der Waals surface area contributed by atoms with Gasteiger partial charge in [-0.25, -0.2) is 0 Å². The van der Waals surface area contributed by atoms with Crippen LogP contribution in [0, 0.1) is 0 Å². The molecule has 0 heteroatoms. The average Bonchev–Trinajstić information content (AvgIpc) is 3.10. The van der Waals surface area contributed by atoms with E-state index in [9.17, 15) is 1.37 Å². The van der Waals surface area contributed by atoms with Crippen molar-refractivity contribution in [3.05, 3.63) is 158 Å². The number of hydrogen-bond donors (Lipinski definition) is 0. The molecule has 0 fully saturated rings. The fourth-order valence-corrected chi connectivity index (χ4v) is 5.93. The summed E-state index contributed by atoms with van der Waals surface area (Å²) < 4.78 is 60.9. The molecule has 0 spiro atoms. The zero-order chi connectivity index (χ0) is 32.6. The van der Waals surface area contributed by atoms with E-state index in [2.05, 4.69) is 60.7 Å². The van der Waals surface area contributed by atoms with Crippen LogP contribution in [0.15, 0.2) is 158 Å². The van der Waals surface area contributed by atoms with Gasteiger partial charge < -0.3 is 0 Å². The zero-order valence-corrected chi connectivity index (χ0v) is 21.5. The first-order valence-corrected chi connectivity index (χ1v) is 13.3. The Balaban J connectivity index is 1.47. The van der Waals surface area contributed by atoms with Crippen LogP contribution in [-0.4, -0.2) is 0 Å². The maximum atomic E-state index is 9.33. The molecule has 0 unspecified atom stereocenters. The third kappa shape index (κ3) is 3.61. The van der Waals surface area contributed by atoms with Crippen molar-refractivity contribution in [2.45, 2.75) is 0 Å². The van der Waals surface area contributed by atoms with Crippen molar-refractivity contribution in [1.29, 1.82) is 0 Å².